The smallest absolute Gasteiger partial charge is 0.120 e. The molecule has 20 heavy (non-hydrogen) atoms. The van der Waals surface area contributed by atoms with Gasteiger partial charge >= 0.3 is 0 Å². The predicted molar refractivity (Wildman–Crippen MR) is 79.8 cm³/mol. The quantitative estimate of drug-likeness (QED) is 0.891. The van der Waals surface area contributed by atoms with Gasteiger partial charge in [-0.3, -0.25) is 0 Å². The second-order valence-electron chi connectivity index (χ2n) is 5.84. The van der Waals surface area contributed by atoms with Crippen LogP contribution in [0.15, 0.2) is 24.3 Å². The van der Waals surface area contributed by atoms with Crippen LogP contribution in [-0.2, 0) is 0 Å². The van der Waals surface area contributed by atoms with Gasteiger partial charge in [0.05, 0.1) is 11.6 Å². The zero-order valence-electron chi connectivity index (χ0n) is 12.4. The summed E-state index contributed by atoms with van der Waals surface area (Å²) >= 11 is 0. The van der Waals surface area contributed by atoms with E-state index < -0.39 is 0 Å². The molecule has 1 aromatic rings. The number of hydrogen-bond acceptors (Lipinski definition) is 4. The number of rotatable bonds is 5. The van der Waals surface area contributed by atoms with Crippen LogP contribution in [0.1, 0.15) is 25.8 Å². The summed E-state index contributed by atoms with van der Waals surface area (Å²) < 4.78 is 6.04. The van der Waals surface area contributed by atoms with Crippen molar-refractivity contribution in [2.45, 2.75) is 25.9 Å². The molecule has 1 aliphatic rings. The van der Waals surface area contributed by atoms with Crippen LogP contribution in [0.3, 0.4) is 0 Å². The molecular formula is C16H23N3O. The Kier molecular flexibility index (Phi) is 4.99. The molecule has 0 aliphatic carbocycles. The Hall–Kier alpha value is -1.57. The Labute approximate surface area is 121 Å². The van der Waals surface area contributed by atoms with Gasteiger partial charge in [-0.25, -0.2) is 0 Å². The van der Waals surface area contributed by atoms with Gasteiger partial charge in [0, 0.05) is 32.7 Å². The molecular weight excluding hydrogens is 250 g/mol. The highest BCUT2D eigenvalue weighted by atomic mass is 16.5. The van der Waals surface area contributed by atoms with Crippen molar-refractivity contribution in [3.63, 3.8) is 0 Å². The number of nitriles is 1. The van der Waals surface area contributed by atoms with Crippen molar-refractivity contribution in [3.05, 3.63) is 29.8 Å². The summed E-state index contributed by atoms with van der Waals surface area (Å²) in [5.74, 6) is 0.828. The summed E-state index contributed by atoms with van der Waals surface area (Å²) in [7, 11) is 0. The van der Waals surface area contributed by atoms with Gasteiger partial charge in [-0.1, -0.05) is 0 Å². The molecule has 0 atom stereocenters. The molecule has 4 nitrogen and oxygen atoms in total. The first-order chi connectivity index (χ1) is 9.59. The van der Waals surface area contributed by atoms with E-state index in [2.05, 4.69) is 30.1 Å². The third-order valence-electron chi connectivity index (χ3n) is 3.62. The first-order valence-electron chi connectivity index (χ1n) is 7.21. The molecule has 0 unspecified atom stereocenters. The molecule has 1 aliphatic heterocycles. The highest BCUT2D eigenvalue weighted by Gasteiger charge is 2.21. The molecule has 1 N–H and O–H groups in total. The van der Waals surface area contributed by atoms with Crippen molar-refractivity contribution in [3.8, 4) is 11.8 Å². The number of nitrogens with zero attached hydrogens (tertiary/aromatic N) is 2. The van der Waals surface area contributed by atoms with Gasteiger partial charge in [-0.15, -0.1) is 0 Å². The molecule has 0 amide bonds. The van der Waals surface area contributed by atoms with Gasteiger partial charge in [0.15, 0.2) is 0 Å². The fourth-order valence-electron chi connectivity index (χ4n) is 2.33. The predicted octanol–water partition coefficient (Wildman–Crippen LogP) is 2.01. The first kappa shape index (κ1) is 14.8. The van der Waals surface area contributed by atoms with E-state index in [-0.39, 0.29) is 5.60 Å². The van der Waals surface area contributed by atoms with Crippen molar-refractivity contribution < 1.29 is 4.74 Å². The Morgan fingerprint density at radius 2 is 1.90 bits per heavy atom. The summed E-state index contributed by atoms with van der Waals surface area (Å²) in [6.07, 6.45) is 0.993. The van der Waals surface area contributed by atoms with Gasteiger partial charge < -0.3 is 15.0 Å². The topological polar surface area (TPSA) is 48.3 Å². The largest absolute Gasteiger partial charge is 0.488 e. The van der Waals surface area contributed by atoms with Crippen molar-refractivity contribution >= 4 is 0 Å². The average Bonchev–Trinajstić information content (AvgIpc) is 2.47. The molecule has 0 spiro atoms. The van der Waals surface area contributed by atoms with Crippen LogP contribution in [0, 0.1) is 11.3 Å². The van der Waals surface area contributed by atoms with Gasteiger partial charge in [0.1, 0.15) is 11.4 Å². The second kappa shape index (κ2) is 6.74. The van der Waals surface area contributed by atoms with Crippen LogP contribution >= 0.6 is 0 Å². The van der Waals surface area contributed by atoms with Crippen molar-refractivity contribution in [2.24, 2.45) is 0 Å². The maximum absolute atomic E-state index is 8.79. The van der Waals surface area contributed by atoms with Gasteiger partial charge in [0.2, 0.25) is 0 Å². The zero-order valence-corrected chi connectivity index (χ0v) is 12.4. The fraction of sp³-hybridized carbons (Fsp3) is 0.562. The third-order valence-corrected chi connectivity index (χ3v) is 3.62. The maximum atomic E-state index is 8.79. The van der Waals surface area contributed by atoms with E-state index >= 15 is 0 Å². The molecule has 2 rings (SSSR count). The highest BCUT2D eigenvalue weighted by Crippen LogP contribution is 2.21. The number of benzene rings is 1. The van der Waals surface area contributed by atoms with E-state index in [4.69, 9.17) is 10.00 Å². The Morgan fingerprint density at radius 3 is 2.50 bits per heavy atom. The van der Waals surface area contributed by atoms with E-state index in [0.29, 0.717) is 5.56 Å². The van der Waals surface area contributed by atoms with Crippen molar-refractivity contribution in [1.29, 1.82) is 5.26 Å². The van der Waals surface area contributed by atoms with E-state index in [1.54, 1.807) is 12.1 Å². The van der Waals surface area contributed by atoms with E-state index in [0.717, 1.165) is 44.9 Å². The maximum Gasteiger partial charge on any atom is 0.120 e. The molecule has 0 radical (unpaired) electrons. The number of hydrogen-bond donors (Lipinski definition) is 1. The lowest BCUT2D eigenvalue weighted by atomic mass is 10.0. The molecule has 1 heterocycles. The summed E-state index contributed by atoms with van der Waals surface area (Å²) in [4.78, 5) is 2.47. The molecule has 0 saturated carbocycles. The molecule has 0 aromatic heterocycles. The molecule has 1 fully saturated rings. The molecule has 0 bridgehead atoms. The molecule has 1 aromatic carbocycles. The van der Waals surface area contributed by atoms with Crippen molar-refractivity contribution in [1.82, 2.24) is 10.2 Å². The standard InChI is InChI=1S/C16H23N3O/c1-16(2,7-10-19-11-8-18-9-12-19)20-15-5-3-14(13-17)4-6-15/h3-6,18H,7-12H2,1-2H3. The van der Waals surface area contributed by atoms with Gasteiger partial charge in [-0.05, 0) is 44.5 Å². The van der Waals surface area contributed by atoms with Crippen LogP contribution in [0.25, 0.3) is 0 Å². The fourth-order valence-corrected chi connectivity index (χ4v) is 2.33. The zero-order chi connectivity index (χ0) is 14.4. The van der Waals surface area contributed by atoms with E-state index in [9.17, 15) is 0 Å². The Bertz CT molecular complexity index is 456. The molecule has 108 valence electrons. The SMILES string of the molecule is CC(C)(CCN1CCNCC1)Oc1ccc(C#N)cc1. The van der Waals surface area contributed by atoms with Crippen molar-refractivity contribution in [2.75, 3.05) is 32.7 Å². The Balaban J connectivity index is 1.84. The monoisotopic (exact) mass is 273 g/mol. The van der Waals surface area contributed by atoms with Crippen LogP contribution < -0.4 is 10.1 Å². The third kappa shape index (κ3) is 4.52. The minimum atomic E-state index is -0.195. The average molecular weight is 273 g/mol. The number of ether oxygens (including phenoxy) is 1. The van der Waals surface area contributed by atoms with Crippen LogP contribution in [0.5, 0.6) is 5.75 Å². The lowest BCUT2D eigenvalue weighted by Crippen LogP contribution is -2.45. The van der Waals surface area contributed by atoms with Crippen LogP contribution in [0.2, 0.25) is 0 Å². The minimum absolute atomic E-state index is 0.195. The lowest BCUT2D eigenvalue weighted by molar-refractivity contribution is 0.0809. The second-order valence-corrected chi connectivity index (χ2v) is 5.84. The summed E-state index contributed by atoms with van der Waals surface area (Å²) in [5, 5.41) is 12.2. The van der Waals surface area contributed by atoms with Gasteiger partial charge in [0.25, 0.3) is 0 Å². The number of nitrogens with one attached hydrogen (secondary N) is 1. The van der Waals surface area contributed by atoms with E-state index in [1.807, 2.05) is 12.1 Å². The Morgan fingerprint density at radius 1 is 1.25 bits per heavy atom. The lowest BCUT2D eigenvalue weighted by Gasteiger charge is -2.32. The van der Waals surface area contributed by atoms with Crippen LogP contribution in [-0.4, -0.2) is 43.2 Å². The van der Waals surface area contributed by atoms with Crippen LogP contribution in [0.4, 0.5) is 0 Å². The van der Waals surface area contributed by atoms with Gasteiger partial charge in [-0.2, -0.15) is 5.26 Å². The summed E-state index contributed by atoms with van der Waals surface area (Å²) in [6, 6.07) is 9.44. The molecule has 1 saturated heterocycles. The minimum Gasteiger partial charge on any atom is -0.488 e. The summed E-state index contributed by atoms with van der Waals surface area (Å²) in [5.41, 5.74) is 0.468. The molecule has 4 heteroatoms. The number of piperazine rings is 1. The first-order valence-corrected chi connectivity index (χ1v) is 7.21. The van der Waals surface area contributed by atoms with E-state index in [1.165, 1.54) is 0 Å². The normalized spacial score (nSPS) is 16.6. The summed E-state index contributed by atoms with van der Waals surface area (Å²) in [6.45, 7) is 9.69. The highest BCUT2D eigenvalue weighted by molar-refractivity contribution is 5.34.